The minimum Gasteiger partial charge on any atom is -0.372 e. The van der Waals surface area contributed by atoms with E-state index in [0.717, 1.165) is 77.6 Å². The maximum atomic E-state index is 6.78. The molecule has 2 aromatic carbocycles. The number of pyridine rings is 1. The van der Waals surface area contributed by atoms with Crippen LogP contribution in [-0.4, -0.2) is 59.0 Å². The van der Waals surface area contributed by atoms with Crippen LogP contribution in [-0.2, 0) is 6.54 Å². The predicted molar refractivity (Wildman–Crippen MR) is 162 cm³/mol. The van der Waals surface area contributed by atoms with Crippen LogP contribution in [0.25, 0.3) is 27.9 Å². The van der Waals surface area contributed by atoms with E-state index in [1.807, 2.05) is 6.07 Å². The van der Waals surface area contributed by atoms with Crippen molar-refractivity contribution >= 4 is 28.2 Å². The molecule has 0 bridgehead atoms. The Bertz CT molecular complexity index is 1290. The number of likely N-dealkylation sites (tertiary alicyclic amines) is 1. The molecule has 200 valence electrons. The van der Waals surface area contributed by atoms with Gasteiger partial charge in [0.2, 0.25) is 0 Å². The standard InChI is InChI=1S/C33H41ClN4/c1-4-5-10-25(2)37-17-19-38(20-18-37)26(3)28-13-14-30-31(34)23-32(35-33(30)22-28)29-12-9-11-27(21-29)24-36-15-7-6-8-16-36/h9,11-14,21-23H,2-8,10,15-20,24H2,1H3. The second-order valence-corrected chi connectivity index (χ2v) is 11.3. The molecule has 0 saturated carbocycles. The molecular formula is C33H41ClN4. The molecule has 2 aliphatic heterocycles. The van der Waals surface area contributed by atoms with Crippen LogP contribution >= 0.6 is 11.6 Å². The highest BCUT2D eigenvalue weighted by atomic mass is 35.5. The monoisotopic (exact) mass is 528 g/mol. The summed E-state index contributed by atoms with van der Waals surface area (Å²) in [6.07, 6.45) is 7.48. The van der Waals surface area contributed by atoms with Crippen molar-refractivity contribution in [2.45, 2.75) is 52.0 Å². The molecule has 38 heavy (non-hydrogen) atoms. The van der Waals surface area contributed by atoms with Gasteiger partial charge in [0, 0.05) is 55.1 Å². The molecule has 0 radical (unpaired) electrons. The fourth-order valence-electron chi connectivity index (χ4n) is 5.73. The number of aromatic nitrogens is 1. The summed E-state index contributed by atoms with van der Waals surface area (Å²) in [5.41, 5.74) is 7.72. The molecular weight excluding hydrogens is 488 g/mol. The summed E-state index contributed by atoms with van der Waals surface area (Å²) in [6, 6.07) is 17.1. The molecule has 0 unspecified atom stereocenters. The molecule has 5 heteroatoms. The van der Waals surface area contributed by atoms with Gasteiger partial charge in [-0.3, -0.25) is 4.90 Å². The van der Waals surface area contributed by atoms with E-state index in [9.17, 15) is 0 Å². The zero-order chi connectivity index (χ0) is 26.5. The third-order valence-electron chi connectivity index (χ3n) is 8.10. The summed E-state index contributed by atoms with van der Waals surface area (Å²) < 4.78 is 0. The lowest BCUT2D eigenvalue weighted by atomic mass is 10.0. The molecule has 3 aromatic rings. The maximum Gasteiger partial charge on any atom is 0.0731 e. The van der Waals surface area contributed by atoms with Crippen LogP contribution in [0.4, 0.5) is 0 Å². The van der Waals surface area contributed by atoms with Crippen LogP contribution < -0.4 is 0 Å². The molecule has 1 aromatic heterocycles. The Morgan fingerprint density at radius 1 is 0.895 bits per heavy atom. The summed E-state index contributed by atoms with van der Waals surface area (Å²) in [7, 11) is 0. The van der Waals surface area contributed by atoms with E-state index < -0.39 is 0 Å². The SMILES string of the molecule is C=C(CCCC)N1CCN(C(=C)c2ccc3c(Cl)cc(-c4cccc(CN5CCCCC5)c4)nc3c2)CC1. The highest BCUT2D eigenvalue weighted by molar-refractivity contribution is 6.35. The molecule has 2 fully saturated rings. The van der Waals surface area contributed by atoms with Gasteiger partial charge in [-0.05, 0) is 68.1 Å². The molecule has 0 N–H and O–H groups in total. The normalized spacial score (nSPS) is 16.7. The average Bonchev–Trinajstić information content (AvgIpc) is 2.96. The largest absolute Gasteiger partial charge is 0.372 e. The van der Waals surface area contributed by atoms with E-state index in [0.29, 0.717) is 0 Å². The maximum absolute atomic E-state index is 6.78. The Morgan fingerprint density at radius 2 is 1.66 bits per heavy atom. The van der Waals surface area contributed by atoms with E-state index in [1.54, 1.807) is 0 Å². The summed E-state index contributed by atoms with van der Waals surface area (Å²) in [4.78, 5) is 12.5. The van der Waals surface area contributed by atoms with Crippen molar-refractivity contribution < 1.29 is 0 Å². The van der Waals surface area contributed by atoms with Gasteiger partial charge in [-0.1, -0.05) is 74.9 Å². The number of piperazine rings is 1. The Labute approximate surface area is 233 Å². The lowest BCUT2D eigenvalue weighted by Gasteiger charge is -2.39. The molecule has 0 spiro atoms. The first-order chi connectivity index (χ1) is 18.5. The highest BCUT2D eigenvalue weighted by Gasteiger charge is 2.20. The van der Waals surface area contributed by atoms with Crippen molar-refractivity contribution in [2.75, 3.05) is 39.3 Å². The lowest BCUT2D eigenvalue weighted by molar-refractivity contribution is 0.209. The van der Waals surface area contributed by atoms with Gasteiger partial charge >= 0.3 is 0 Å². The quantitative estimate of drug-likeness (QED) is 0.282. The summed E-state index contributed by atoms with van der Waals surface area (Å²) in [5.74, 6) is 0. The van der Waals surface area contributed by atoms with Gasteiger partial charge < -0.3 is 9.80 Å². The number of benzene rings is 2. The van der Waals surface area contributed by atoms with E-state index in [1.165, 1.54) is 56.5 Å². The first kappa shape index (κ1) is 26.8. The van der Waals surface area contributed by atoms with Gasteiger partial charge in [0.1, 0.15) is 0 Å². The van der Waals surface area contributed by atoms with Crippen molar-refractivity contribution in [3.63, 3.8) is 0 Å². The molecule has 0 aliphatic carbocycles. The molecule has 4 nitrogen and oxygen atoms in total. The third-order valence-corrected chi connectivity index (χ3v) is 8.41. The van der Waals surface area contributed by atoms with Crippen molar-refractivity contribution in [2.24, 2.45) is 0 Å². The Balaban J connectivity index is 1.32. The summed E-state index contributed by atoms with van der Waals surface area (Å²) in [5, 5.41) is 1.72. The fraction of sp³-hybridized carbons (Fsp3) is 0.424. The van der Waals surface area contributed by atoms with Gasteiger partial charge in [-0.2, -0.15) is 0 Å². The van der Waals surface area contributed by atoms with E-state index >= 15 is 0 Å². The average molecular weight is 529 g/mol. The molecule has 5 rings (SSSR count). The Morgan fingerprint density at radius 3 is 2.42 bits per heavy atom. The van der Waals surface area contributed by atoms with Gasteiger partial charge in [-0.25, -0.2) is 4.98 Å². The smallest absolute Gasteiger partial charge is 0.0731 e. The fourth-order valence-corrected chi connectivity index (χ4v) is 6.00. The third kappa shape index (κ3) is 6.24. The first-order valence-electron chi connectivity index (χ1n) is 14.3. The minimum atomic E-state index is 0.739. The Kier molecular flexibility index (Phi) is 8.71. The number of piperidine rings is 1. The number of hydrogen-bond acceptors (Lipinski definition) is 4. The number of fused-ring (bicyclic) bond motifs is 1. The van der Waals surface area contributed by atoms with Crippen LogP contribution in [0.3, 0.4) is 0 Å². The van der Waals surface area contributed by atoms with E-state index in [4.69, 9.17) is 16.6 Å². The van der Waals surface area contributed by atoms with E-state index in [2.05, 4.69) is 77.2 Å². The van der Waals surface area contributed by atoms with Crippen molar-refractivity contribution in [1.82, 2.24) is 19.7 Å². The molecule has 0 atom stereocenters. The van der Waals surface area contributed by atoms with Crippen LogP contribution in [0.2, 0.25) is 5.02 Å². The lowest BCUT2D eigenvalue weighted by Crippen LogP contribution is -2.44. The van der Waals surface area contributed by atoms with Crippen LogP contribution in [0, 0.1) is 0 Å². The minimum absolute atomic E-state index is 0.739. The number of rotatable bonds is 9. The molecule has 2 aliphatic rings. The number of hydrogen-bond donors (Lipinski definition) is 0. The van der Waals surface area contributed by atoms with Crippen molar-refractivity contribution in [1.29, 1.82) is 0 Å². The van der Waals surface area contributed by atoms with Crippen LogP contribution in [0.15, 0.2) is 67.4 Å². The number of unbranched alkanes of at least 4 members (excludes halogenated alkanes) is 1. The van der Waals surface area contributed by atoms with Gasteiger partial charge in [0.15, 0.2) is 0 Å². The zero-order valence-corrected chi connectivity index (χ0v) is 23.6. The second kappa shape index (κ2) is 12.4. The number of allylic oxidation sites excluding steroid dienone is 1. The molecule has 0 amide bonds. The van der Waals surface area contributed by atoms with Gasteiger partial charge in [0.25, 0.3) is 0 Å². The number of nitrogens with zero attached hydrogens (tertiary/aromatic N) is 4. The Hall–Kier alpha value is -2.82. The number of halogens is 1. The second-order valence-electron chi connectivity index (χ2n) is 10.8. The topological polar surface area (TPSA) is 22.6 Å². The van der Waals surface area contributed by atoms with Crippen LogP contribution in [0.1, 0.15) is 56.6 Å². The van der Waals surface area contributed by atoms with Gasteiger partial charge in [-0.15, -0.1) is 0 Å². The summed E-state index contributed by atoms with van der Waals surface area (Å²) in [6.45, 7) is 18.3. The van der Waals surface area contributed by atoms with Crippen molar-refractivity contribution in [3.05, 3.63) is 83.5 Å². The molecule has 2 saturated heterocycles. The molecule has 3 heterocycles. The highest BCUT2D eigenvalue weighted by Crippen LogP contribution is 2.31. The zero-order valence-electron chi connectivity index (χ0n) is 22.9. The first-order valence-corrected chi connectivity index (χ1v) is 14.7. The van der Waals surface area contributed by atoms with Crippen molar-refractivity contribution in [3.8, 4) is 11.3 Å². The van der Waals surface area contributed by atoms with E-state index in [-0.39, 0.29) is 0 Å². The van der Waals surface area contributed by atoms with Crippen LogP contribution in [0.5, 0.6) is 0 Å². The summed E-state index contributed by atoms with van der Waals surface area (Å²) >= 11 is 6.78. The predicted octanol–water partition coefficient (Wildman–Crippen LogP) is 7.83. The van der Waals surface area contributed by atoms with Gasteiger partial charge in [0.05, 0.1) is 16.2 Å².